The molecular formula is C14H14N2O7. The van der Waals surface area contributed by atoms with Crippen molar-refractivity contribution in [2.45, 2.75) is 18.6 Å². The molecule has 2 aromatic rings. The molecule has 2 atom stereocenters. The molecule has 0 aliphatic heterocycles. The SMILES string of the molecule is COC(=O)CC(O)C(O)c1ccc2[nH]cc([N+](=O)[O-])c(=O)c2c1. The van der Waals surface area contributed by atoms with Crippen molar-refractivity contribution in [2.75, 3.05) is 7.11 Å². The first-order chi connectivity index (χ1) is 10.8. The number of nitrogens with zero attached hydrogens (tertiary/aromatic N) is 1. The Hall–Kier alpha value is -2.78. The number of ether oxygens (including phenoxy) is 1. The summed E-state index contributed by atoms with van der Waals surface area (Å²) in [4.78, 5) is 35.8. The van der Waals surface area contributed by atoms with Gasteiger partial charge in [0, 0.05) is 5.52 Å². The molecule has 0 bridgehead atoms. The molecule has 0 spiro atoms. The van der Waals surface area contributed by atoms with Gasteiger partial charge in [0.1, 0.15) is 6.10 Å². The van der Waals surface area contributed by atoms with E-state index in [0.717, 1.165) is 13.3 Å². The molecule has 0 fully saturated rings. The Morgan fingerprint density at radius 1 is 1.43 bits per heavy atom. The first-order valence-electron chi connectivity index (χ1n) is 6.57. The van der Waals surface area contributed by atoms with Gasteiger partial charge in [0.15, 0.2) is 0 Å². The van der Waals surface area contributed by atoms with E-state index in [0.29, 0.717) is 5.52 Å². The number of hydrogen-bond donors (Lipinski definition) is 3. The minimum atomic E-state index is -1.45. The number of rotatable bonds is 5. The summed E-state index contributed by atoms with van der Waals surface area (Å²) < 4.78 is 4.40. The van der Waals surface area contributed by atoms with Crippen LogP contribution >= 0.6 is 0 Å². The van der Waals surface area contributed by atoms with Crippen molar-refractivity contribution in [1.29, 1.82) is 0 Å². The van der Waals surface area contributed by atoms with Gasteiger partial charge in [-0.3, -0.25) is 19.7 Å². The molecule has 9 nitrogen and oxygen atoms in total. The molecule has 0 aliphatic rings. The molecular weight excluding hydrogens is 308 g/mol. The van der Waals surface area contributed by atoms with Crippen LogP contribution in [0.5, 0.6) is 0 Å². The average molecular weight is 322 g/mol. The maximum Gasteiger partial charge on any atom is 0.332 e. The minimum absolute atomic E-state index is 0.000943. The molecule has 23 heavy (non-hydrogen) atoms. The number of aromatic amines is 1. The standard InChI is InChI=1S/C14H14N2O7/c1-23-12(18)5-11(17)13(19)7-2-3-9-8(4-7)14(20)10(6-15-9)16(21)22/h2-4,6,11,13,17,19H,5H2,1H3,(H,15,20). The fraction of sp³-hybridized carbons (Fsp3) is 0.286. The number of esters is 1. The predicted octanol–water partition coefficient (Wildman–Crippen LogP) is 0.394. The number of methoxy groups -OCH3 is 1. The van der Waals surface area contributed by atoms with E-state index in [2.05, 4.69) is 9.72 Å². The Kier molecular flexibility index (Phi) is 4.72. The van der Waals surface area contributed by atoms with E-state index in [1.807, 2.05) is 0 Å². The minimum Gasteiger partial charge on any atom is -0.469 e. The van der Waals surface area contributed by atoms with Gasteiger partial charge in [0.05, 0.1) is 36.1 Å². The normalized spacial score (nSPS) is 13.5. The molecule has 1 aromatic heterocycles. The molecule has 2 unspecified atom stereocenters. The fourth-order valence-corrected chi connectivity index (χ4v) is 2.13. The largest absolute Gasteiger partial charge is 0.469 e. The third-order valence-electron chi connectivity index (χ3n) is 3.39. The maximum atomic E-state index is 12.1. The second-order valence-corrected chi connectivity index (χ2v) is 4.86. The zero-order valence-electron chi connectivity index (χ0n) is 12.1. The number of fused-ring (bicyclic) bond motifs is 1. The monoisotopic (exact) mass is 322 g/mol. The summed E-state index contributed by atoms with van der Waals surface area (Å²) in [5.41, 5.74) is -0.932. The van der Waals surface area contributed by atoms with Crippen LogP contribution in [0.25, 0.3) is 10.9 Å². The highest BCUT2D eigenvalue weighted by molar-refractivity contribution is 5.81. The van der Waals surface area contributed by atoms with Gasteiger partial charge < -0.3 is 19.9 Å². The topological polar surface area (TPSA) is 143 Å². The van der Waals surface area contributed by atoms with Gasteiger partial charge in [-0.1, -0.05) is 6.07 Å². The van der Waals surface area contributed by atoms with E-state index in [9.17, 15) is 29.9 Å². The van der Waals surface area contributed by atoms with E-state index in [4.69, 9.17) is 0 Å². The lowest BCUT2D eigenvalue weighted by Gasteiger charge is -2.17. The highest BCUT2D eigenvalue weighted by Crippen LogP contribution is 2.22. The van der Waals surface area contributed by atoms with Crippen molar-refractivity contribution >= 4 is 22.6 Å². The van der Waals surface area contributed by atoms with Crippen molar-refractivity contribution in [3.63, 3.8) is 0 Å². The lowest BCUT2D eigenvalue weighted by Crippen LogP contribution is -2.22. The molecule has 9 heteroatoms. The number of carbonyl (C=O) groups excluding carboxylic acids is 1. The van der Waals surface area contributed by atoms with Gasteiger partial charge in [-0.25, -0.2) is 0 Å². The second kappa shape index (κ2) is 6.55. The number of H-pyrrole nitrogens is 1. The van der Waals surface area contributed by atoms with Crippen LogP contribution in [0.4, 0.5) is 5.69 Å². The van der Waals surface area contributed by atoms with Gasteiger partial charge in [0.25, 0.3) is 5.43 Å². The van der Waals surface area contributed by atoms with E-state index in [1.54, 1.807) is 0 Å². The second-order valence-electron chi connectivity index (χ2n) is 4.86. The lowest BCUT2D eigenvalue weighted by atomic mass is 10.00. The van der Waals surface area contributed by atoms with Gasteiger partial charge in [-0.15, -0.1) is 0 Å². The van der Waals surface area contributed by atoms with E-state index in [1.165, 1.54) is 18.2 Å². The zero-order valence-corrected chi connectivity index (χ0v) is 12.1. The Morgan fingerprint density at radius 2 is 2.13 bits per heavy atom. The summed E-state index contributed by atoms with van der Waals surface area (Å²) in [7, 11) is 1.15. The van der Waals surface area contributed by atoms with Gasteiger partial charge in [0.2, 0.25) is 0 Å². The molecule has 0 saturated carbocycles. The molecule has 1 aromatic carbocycles. The summed E-state index contributed by atoms with van der Waals surface area (Å²) in [6, 6.07) is 4.13. The Labute approximate surface area is 129 Å². The summed E-state index contributed by atoms with van der Waals surface area (Å²) in [6.45, 7) is 0. The van der Waals surface area contributed by atoms with Gasteiger partial charge in [-0.2, -0.15) is 0 Å². The van der Waals surface area contributed by atoms with Crippen molar-refractivity contribution in [2.24, 2.45) is 0 Å². The lowest BCUT2D eigenvalue weighted by molar-refractivity contribution is -0.386. The molecule has 0 radical (unpaired) electrons. The number of aromatic nitrogens is 1. The van der Waals surface area contributed by atoms with Crippen molar-refractivity contribution in [3.05, 3.63) is 50.3 Å². The summed E-state index contributed by atoms with van der Waals surface area (Å²) in [5.74, 6) is -0.703. The van der Waals surface area contributed by atoms with Crippen LogP contribution in [0.15, 0.2) is 29.2 Å². The summed E-state index contributed by atoms with van der Waals surface area (Å²) in [6.07, 6.45) is -2.32. The van der Waals surface area contributed by atoms with Crippen LogP contribution in [0.3, 0.4) is 0 Å². The number of pyridine rings is 1. The van der Waals surface area contributed by atoms with Crippen LogP contribution in [-0.4, -0.2) is 39.3 Å². The Balaban J connectivity index is 2.42. The highest BCUT2D eigenvalue weighted by atomic mass is 16.6. The van der Waals surface area contributed by atoms with Crippen molar-refractivity contribution in [1.82, 2.24) is 4.98 Å². The van der Waals surface area contributed by atoms with Crippen molar-refractivity contribution in [3.8, 4) is 0 Å². The smallest absolute Gasteiger partial charge is 0.332 e. The Bertz CT molecular complexity index is 814. The highest BCUT2D eigenvalue weighted by Gasteiger charge is 2.23. The van der Waals surface area contributed by atoms with Gasteiger partial charge in [-0.05, 0) is 17.7 Å². The number of carbonyl (C=O) groups is 1. The number of aliphatic hydroxyl groups excluding tert-OH is 2. The first kappa shape index (κ1) is 16.6. The van der Waals surface area contributed by atoms with Crippen LogP contribution in [0, 0.1) is 10.1 Å². The van der Waals surface area contributed by atoms with Gasteiger partial charge >= 0.3 is 11.7 Å². The predicted molar refractivity (Wildman–Crippen MR) is 78.8 cm³/mol. The van der Waals surface area contributed by atoms with E-state index >= 15 is 0 Å². The zero-order chi connectivity index (χ0) is 17.1. The number of aliphatic hydroxyl groups is 2. The van der Waals surface area contributed by atoms with Crippen LogP contribution < -0.4 is 5.43 Å². The molecule has 2 rings (SSSR count). The number of hydrogen-bond acceptors (Lipinski definition) is 7. The molecule has 0 saturated heterocycles. The van der Waals surface area contributed by atoms with E-state index < -0.39 is 40.6 Å². The Morgan fingerprint density at radius 3 is 2.74 bits per heavy atom. The quantitative estimate of drug-likeness (QED) is 0.410. The molecule has 1 heterocycles. The third kappa shape index (κ3) is 3.35. The first-order valence-corrected chi connectivity index (χ1v) is 6.57. The third-order valence-corrected chi connectivity index (χ3v) is 3.39. The maximum absolute atomic E-state index is 12.1. The van der Waals surface area contributed by atoms with E-state index in [-0.39, 0.29) is 10.9 Å². The van der Waals surface area contributed by atoms with Crippen LogP contribution in [-0.2, 0) is 9.53 Å². The molecule has 0 aliphatic carbocycles. The number of benzene rings is 1. The molecule has 0 amide bonds. The molecule has 122 valence electrons. The summed E-state index contributed by atoms with van der Waals surface area (Å²) >= 11 is 0. The van der Waals surface area contributed by atoms with Crippen LogP contribution in [0.1, 0.15) is 18.1 Å². The van der Waals surface area contributed by atoms with Crippen molar-refractivity contribution < 1.29 is 24.7 Å². The van der Waals surface area contributed by atoms with Crippen LogP contribution in [0.2, 0.25) is 0 Å². The molecule has 3 N–H and O–H groups in total. The number of nitrogens with one attached hydrogen (secondary N) is 1. The number of nitro groups is 1. The summed E-state index contributed by atoms with van der Waals surface area (Å²) in [5, 5.41) is 30.7. The fourth-order valence-electron chi connectivity index (χ4n) is 2.13. The average Bonchev–Trinajstić information content (AvgIpc) is 2.53.